The molecule has 4 rings (SSSR count). The number of hydrogen-bond donors (Lipinski definition) is 1. The molecule has 0 aromatic carbocycles. The Balaban J connectivity index is 1.76. The van der Waals surface area contributed by atoms with Crippen molar-refractivity contribution in [2.75, 3.05) is 6.54 Å². The van der Waals surface area contributed by atoms with E-state index in [2.05, 4.69) is 26.1 Å². The summed E-state index contributed by atoms with van der Waals surface area (Å²) in [6.45, 7) is 8.24. The lowest BCUT2D eigenvalue weighted by molar-refractivity contribution is -0.0776. The van der Waals surface area contributed by atoms with Gasteiger partial charge in [0.15, 0.2) is 0 Å². The van der Waals surface area contributed by atoms with Crippen LogP contribution in [-0.2, 0) is 0 Å². The molecule has 1 nitrogen and oxygen atoms in total. The van der Waals surface area contributed by atoms with Crippen molar-refractivity contribution >= 4 is 0 Å². The SMILES string of the molecule is CCNC(CC(CC)CC)C12CC3CC(CC(C3)C1)C2. The fraction of sp³-hybridized carbons (Fsp3) is 1.00. The summed E-state index contributed by atoms with van der Waals surface area (Å²) < 4.78 is 0. The van der Waals surface area contributed by atoms with Gasteiger partial charge in [-0.05, 0) is 80.6 Å². The first-order chi connectivity index (χ1) is 9.69. The van der Waals surface area contributed by atoms with Gasteiger partial charge < -0.3 is 5.32 Å². The molecule has 4 fully saturated rings. The van der Waals surface area contributed by atoms with Crippen LogP contribution in [0.1, 0.15) is 78.6 Å². The standard InChI is InChI=1S/C19H35N/c1-4-14(5-2)10-18(20-6-3)19-11-15-7-16(12-19)9-17(8-15)13-19/h14-18,20H,4-13H2,1-3H3. The molecule has 0 aromatic rings. The molecule has 4 aliphatic rings. The lowest BCUT2D eigenvalue weighted by atomic mass is 9.47. The molecule has 1 heteroatoms. The summed E-state index contributed by atoms with van der Waals surface area (Å²) in [6.07, 6.45) is 13.5. The molecule has 0 radical (unpaired) electrons. The third-order valence-electron chi connectivity index (χ3n) is 7.00. The van der Waals surface area contributed by atoms with E-state index < -0.39 is 0 Å². The van der Waals surface area contributed by atoms with Crippen molar-refractivity contribution in [2.24, 2.45) is 29.1 Å². The van der Waals surface area contributed by atoms with Crippen molar-refractivity contribution in [2.45, 2.75) is 84.6 Å². The van der Waals surface area contributed by atoms with Gasteiger partial charge in [-0.3, -0.25) is 0 Å². The molecule has 1 unspecified atom stereocenters. The van der Waals surface area contributed by atoms with Crippen LogP contribution in [0.5, 0.6) is 0 Å². The minimum atomic E-state index is 0.688. The molecule has 1 N–H and O–H groups in total. The van der Waals surface area contributed by atoms with Gasteiger partial charge in [0.1, 0.15) is 0 Å². The van der Waals surface area contributed by atoms with E-state index in [9.17, 15) is 0 Å². The normalized spacial score (nSPS) is 40.5. The van der Waals surface area contributed by atoms with Gasteiger partial charge in [0.25, 0.3) is 0 Å². The van der Waals surface area contributed by atoms with Crippen LogP contribution in [0.2, 0.25) is 0 Å². The second-order valence-electron chi connectivity index (χ2n) is 8.31. The van der Waals surface area contributed by atoms with Crippen LogP contribution in [0.25, 0.3) is 0 Å². The quantitative estimate of drug-likeness (QED) is 0.690. The van der Waals surface area contributed by atoms with Crippen LogP contribution in [0.4, 0.5) is 0 Å². The molecule has 4 aliphatic carbocycles. The van der Waals surface area contributed by atoms with Gasteiger partial charge in [0.05, 0.1) is 0 Å². The van der Waals surface area contributed by atoms with Crippen LogP contribution < -0.4 is 5.32 Å². The minimum Gasteiger partial charge on any atom is -0.314 e. The van der Waals surface area contributed by atoms with E-state index in [-0.39, 0.29) is 0 Å². The maximum atomic E-state index is 3.94. The van der Waals surface area contributed by atoms with E-state index in [4.69, 9.17) is 0 Å². The smallest absolute Gasteiger partial charge is 0.0126 e. The summed E-state index contributed by atoms with van der Waals surface area (Å²) in [5.41, 5.74) is 0.688. The van der Waals surface area contributed by atoms with Crippen molar-refractivity contribution in [3.63, 3.8) is 0 Å². The number of hydrogen-bond acceptors (Lipinski definition) is 1. The lowest BCUT2D eigenvalue weighted by Crippen LogP contribution is -2.56. The maximum absolute atomic E-state index is 3.94. The topological polar surface area (TPSA) is 12.0 Å². The summed E-state index contributed by atoms with van der Waals surface area (Å²) in [5, 5.41) is 3.94. The van der Waals surface area contributed by atoms with Gasteiger partial charge in [-0.15, -0.1) is 0 Å². The molecular formula is C19H35N. The Morgan fingerprint density at radius 2 is 1.40 bits per heavy atom. The van der Waals surface area contributed by atoms with Crippen LogP contribution in [0.15, 0.2) is 0 Å². The number of rotatable bonds is 7. The average molecular weight is 277 g/mol. The third-order valence-corrected chi connectivity index (χ3v) is 7.00. The Kier molecular flexibility index (Phi) is 4.45. The monoisotopic (exact) mass is 277 g/mol. The van der Waals surface area contributed by atoms with Crippen molar-refractivity contribution < 1.29 is 0 Å². The van der Waals surface area contributed by atoms with E-state index in [0.717, 1.165) is 36.3 Å². The molecule has 0 spiro atoms. The first-order valence-corrected chi connectivity index (χ1v) is 9.42. The molecule has 0 aliphatic heterocycles. The van der Waals surface area contributed by atoms with Crippen LogP contribution in [0, 0.1) is 29.1 Å². The van der Waals surface area contributed by atoms with E-state index in [1.165, 1.54) is 19.3 Å². The predicted octanol–water partition coefficient (Wildman–Crippen LogP) is 5.01. The molecule has 1 atom stereocenters. The fourth-order valence-electron chi connectivity index (χ4n) is 6.36. The van der Waals surface area contributed by atoms with Gasteiger partial charge in [-0.1, -0.05) is 33.6 Å². The molecular weight excluding hydrogens is 242 g/mol. The van der Waals surface area contributed by atoms with Gasteiger partial charge in [-0.2, -0.15) is 0 Å². The molecule has 116 valence electrons. The van der Waals surface area contributed by atoms with Gasteiger partial charge in [0.2, 0.25) is 0 Å². The van der Waals surface area contributed by atoms with Gasteiger partial charge in [-0.25, -0.2) is 0 Å². The van der Waals surface area contributed by atoms with Crippen LogP contribution in [-0.4, -0.2) is 12.6 Å². The van der Waals surface area contributed by atoms with Crippen molar-refractivity contribution in [1.29, 1.82) is 0 Å². The molecule has 4 bridgehead atoms. The first kappa shape index (κ1) is 14.9. The zero-order chi connectivity index (χ0) is 14.2. The molecule has 0 saturated heterocycles. The number of nitrogens with one attached hydrogen (secondary N) is 1. The fourth-order valence-corrected chi connectivity index (χ4v) is 6.36. The van der Waals surface area contributed by atoms with Crippen molar-refractivity contribution in [3.8, 4) is 0 Å². The Hall–Kier alpha value is -0.0400. The average Bonchev–Trinajstić information content (AvgIpc) is 2.42. The summed E-state index contributed by atoms with van der Waals surface area (Å²) in [5.74, 6) is 4.20. The maximum Gasteiger partial charge on any atom is 0.0126 e. The zero-order valence-electron chi connectivity index (χ0n) is 14.0. The zero-order valence-corrected chi connectivity index (χ0v) is 14.0. The van der Waals surface area contributed by atoms with E-state index in [1.807, 2.05) is 0 Å². The van der Waals surface area contributed by atoms with Crippen molar-refractivity contribution in [3.05, 3.63) is 0 Å². The predicted molar refractivity (Wildman–Crippen MR) is 86.8 cm³/mol. The molecule has 0 aromatic heterocycles. The van der Waals surface area contributed by atoms with Gasteiger partial charge in [0, 0.05) is 6.04 Å². The van der Waals surface area contributed by atoms with E-state index >= 15 is 0 Å². The summed E-state index contributed by atoms with van der Waals surface area (Å²) in [7, 11) is 0. The highest BCUT2D eigenvalue weighted by Crippen LogP contribution is 2.61. The first-order valence-electron chi connectivity index (χ1n) is 9.42. The highest BCUT2D eigenvalue weighted by Gasteiger charge is 2.53. The van der Waals surface area contributed by atoms with Crippen LogP contribution in [0.3, 0.4) is 0 Å². The van der Waals surface area contributed by atoms with E-state index in [0.29, 0.717) is 5.41 Å². The Morgan fingerprint density at radius 1 is 0.900 bits per heavy atom. The van der Waals surface area contributed by atoms with E-state index in [1.54, 1.807) is 38.5 Å². The Bertz CT molecular complexity index is 282. The lowest BCUT2D eigenvalue weighted by Gasteiger charge is -2.60. The largest absolute Gasteiger partial charge is 0.314 e. The molecule has 0 heterocycles. The summed E-state index contributed by atoms with van der Waals surface area (Å²) in [6, 6.07) is 0.811. The van der Waals surface area contributed by atoms with Crippen LogP contribution >= 0.6 is 0 Å². The molecule has 20 heavy (non-hydrogen) atoms. The second kappa shape index (κ2) is 5.99. The molecule has 0 amide bonds. The second-order valence-corrected chi connectivity index (χ2v) is 8.31. The minimum absolute atomic E-state index is 0.688. The van der Waals surface area contributed by atoms with Gasteiger partial charge >= 0.3 is 0 Å². The summed E-state index contributed by atoms with van der Waals surface area (Å²) in [4.78, 5) is 0. The Labute approximate surface area is 126 Å². The third kappa shape index (κ3) is 2.67. The molecule has 4 saturated carbocycles. The summed E-state index contributed by atoms with van der Waals surface area (Å²) >= 11 is 0. The van der Waals surface area contributed by atoms with Crippen molar-refractivity contribution in [1.82, 2.24) is 5.32 Å². The highest BCUT2D eigenvalue weighted by molar-refractivity contribution is 5.06. The highest BCUT2D eigenvalue weighted by atomic mass is 14.9. The Morgan fingerprint density at radius 3 is 1.80 bits per heavy atom.